The Labute approximate surface area is 166 Å². The smallest absolute Gasteiger partial charge is 0.225 e. The van der Waals surface area contributed by atoms with Crippen molar-refractivity contribution in [3.63, 3.8) is 0 Å². The first kappa shape index (κ1) is 20.1. The maximum absolute atomic E-state index is 13.1. The minimum atomic E-state index is 0. The van der Waals surface area contributed by atoms with Gasteiger partial charge >= 0.3 is 0 Å². The number of halogens is 1. The van der Waals surface area contributed by atoms with Crippen LogP contribution in [0, 0.1) is 17.8 Å². The first-order valence-electron chi connectivity index (χ1n) is 9.84. The monoisotopic (exact) mass is 398 g/mol. The second-order valence-corrected chi connectivity index (χ2v) is 8.85. The van der Waals surface area contributed by atoms with Gasteiger partial charge in [0, 0.05) is 50.1 Å². The van der Waals surface area contributed by atoms with Crippen molar-refractivity contribution >= 4 is 29.7 Å². The number of hydrogen-bond donors (Lipinski definition) is 1. The van der Waals surface area contributed by atoms with E-state index in [1.54, 1.807) is 11.3 Å². The second kappa shape index (κ2) is 9.00. The van der Waals surface area contributed by atoms with E-state index in [4.69, 9.17) is 5.73 Å². The largest absolute Gasteiger partial charge is 0.341 e. The van der Waals surface area contributed by atoms with E-state index in [9.17, 15) is 4.79 Å². The Balaban J connectivity index is 0.00000196. The number of amides is 1. The molecule has 7 heteroatoms. The van der Waals surface area contributed by atoms with Crippen LogP contribution in [0.3, 0.4) is 0 Å². The van der Waals surface area contributed by atoms with Crippen LogP contribution >= 0.6 is 23.7 Å². The van der Waals surface area contributed by atoms with E-state index in [2.05, 4.69) is 20.2 Å². The summed E-state index contributed by atoms with van der Waals surface area (Å²) in [5, 5.41) is 2.12. The Bertz CT molecular complexity index is 570. The summed E-state index contributed by atoms with van der Waals surface area (Å²) in [6.07, 6.45) is 6.87. The molecule has 0 radical (unpaired) electrons. The summed E-state index contributed by atoms with van der Waals surface area (Å²) in [6, 6.07) is 0.343. The van der Waals surface area contributed by atoms with Crippen LogP contribution in [0.4, 0.5) is 0 Å². The third kappa shape index (κ3) is 4.41. The molecule has 1 aromatic heterocycles. The molecule has 3 aliphatic rings. The summed E-state index contributed by atoms with van der Waals surface area (Å²) in [7, 11) is 0. The quantitative estimate of drug-likeness (QED) is 0.850. The first-order valence-corrected chi connectivity index (χ1v) is 10.8. The second-order valence-electron chi connectivity index (χ2n) is 8.13. The molecule has 2 unspecified atom stereocenters. The summed E-state index contributed by atoms with van der Waals surface area (Å²) in [5.41, 5.74) is 9.44. The van der Waals surface area contributed by atoms with Gasteiger partial charge in [0.05, 0.1) is 11.2 Å². The van der Waals surface area contributed by atoms with E-state index in [0.717, 1.165) is 57.7 Å². The van der Waals surface area contributed by atoms with Crippen molar-refractivity contribution in [1.82, 2.24) is 14.8 Å². The van der Waals surface area contributed by atoms with E-state index >= 15 is 0 Å². The molecule has 1 aliphatic heterocycles. The summed E-state index contributed by atoms with van der Waals surface area (Å²) in [6.45, 7) is 4.70. The summed E-state index contributed by atoms with van der Waals surface area (Å²) < 4.78 is 0. The van der Waals surface area contributed by atoms with Crippen molar-refractivity contribution in [2.75, 3.05) is 26.2 Å². The zero-order valence-electron chi connectivity index (χ0n) is 15.4. The highest BCUT2D eigenvalue weighted by atomic mass is 35.5. The number of fused-ring (bicyclic) bond motifs is 2. The van der Waals surface area contributed by atoms with E-state index in [1.165, 1.54) is 19.3 Å². The van der Waals surface area contributed by atoms with Crippen molar-refractivity contribution in [1.29, 1.82) is 0 Å². The molecule has 2 heterocycles. The van der Waals surface area contributed by atoms with Crippen LogP contribution in [0.25, 0.3) is 0 Å². The highest BCUT2D eigenvalue weighted by Crippen LogP contribution is 2.42. The average molecular weight is 399 g/mol. The molecule has 26 heavy (non-hydrogen) atoms. The zero-order valence-corrected chi connectivity index (χ0v) is 17.0. The standard InChI is InChI=1S/C19H30N4OS.ClH/c20-18-14-3-1-4-15(18)10-16(9-14)19(24)23-6-2-5-22(7-8-23)11-17-12-25-13-21-17;/h12-16,18H,1-11,20H2;1H. The van der Waals surface area contributed by atoms with Gasteiger partial charge in [-0.25, -0.2) is 4.98 Å². The van der Waals surface area contributed by atoms with Crippen LogP contribution in [-0.2, 0) is 11.3 Å². The van der Waals surface area contributed by atoms with Gasteiger partial charge in [-0.05, 0) is 43.9 Å². The fourth-order valence-electron chi connectivity index (χ4n) is 5.14. The predicted octanol–water partition coefficient (Wildman–Crippen LogP) is 2.75. The number of rotatable bonds is 3. The van der Waals surface area contributed by atoms with Gasteiger partial charge in [-0.2, -0.15) is 0 Å². The molecule has 2 aliphatic carbocycles. The molecule has 146 valence electrons. The van der Waals surface area contributed by atoms with Crippen molar-refractivity contribution in [3.05, 3.63) is 16.6 Å². The molecule has 2 saturated carbocycles. The van der Waals surface area contributed by atoms with Gasteiger partial charge in [-0.15, -0.1) is 23.7 Å². The number of aromatic nitrogens is 1. The summed E-state index contributed by atoms with van der Waals surface area (Å²) in [5.74, 6) is 1.78. The number of carbonyl (C=O) groups excluding carboxylic acids is 1. The van der Waals surface area contributed by atoms with Gasteiger partial charge < -0.3 is 10.6 Å². The molecule has 0 aromatic carbocycles. The third-order valence-electron chi connectivity index (χ3n) is 6.53. The van der Waals surface area contributed by atoms with E-state index in [0.29, 0.717) is 23.8 Å². The zero-order chi connectivity index (χ0) is 17.2. The van der Waals surface area contributed by atoms with Crippen LogP contribution in [0.5, 0.6) is 0 Å². The number of carbonyl (C=O) groups is 1. The molecule has 1 saturated heterocycles. The summed E-state index contributed by atoms with van der Waals surface area (Å²) in [4.78, 5) is 22.1. The third-order valence-corrected chi connectivity index (χ3v) is 7.17. The van der Waals surface area contributed by atoms with Gasteiger partial charge in [0.15, 0.2) is 0 Å². The Morgan fingerprint density at radius 2 is 1.92 bits per heavy atom. The molecule has 0 spiro atoms. The topological polar surface area (TPSA) is 62.5 Å². The van der Waals surface area contributed by atoms with Gasteiger partial charge in [0.1, 0.15) is 0 Å². The molecule has 1 amide bonds. The molecule has 2 atom stereocenters. The van der Waals surface area contributed by atoms with Crippen molar-refractivity contribution in [2.45, 2.75) is 51.1 Å². The van der Waals surface area contributed by atoms with Crippen LogP contribution in [0.15, 0.2) is 10.9 Å². The normalized spacial score (nSPS) is 32.6. The van der Waals surface area contributed by atoms with Gasteiger partial charge in [0.2, 0.25) is 5.91 Å². The van der Waals surface area contributed by atoms with Gasteiger partial charge in [-0.1, -0.05) is 6.42 Å². The lowest BCUT2D eigenvalue weighted by atomic mass is 9.65. The first-order chi connectivity index (χ1) is 12.2. The lowest BCUT2D eigenvalue weighted by Crippen LogP contribution is -2.50. The maximum Gasteiger partial charge on any atom is 0.225 e. The fraction of sp³-hybridized carbons (Fsp3) is 0.789. The van der Waals surface area contributed by atoms with E-state index in [-0.39, 0.29) is 18.3 Å². The Morgan fingerprint density at radius 1 is 1.15 bits per heavy atom. The highest BCUT2D eigenvalue weighted by Gasteiger charge is 2.41. The van der Waals surface area contributed by atoms with E-state index < -0.39 is 0 Å². The van der Waals surface area contributed by atoms with Crippen molar-refractivity contribution < 1.29 is 4.79 Å². The lowest BCUT2D eigenvalue weighted by molar-refractivity contribution is -0.138. The predicted molar refractivity (Wildman–Crippen MR) is 107 cm³/mol. The van der Waals surface area contributed by atoms with Crippen LogP contribution < -0.4 is 5.73 Å². The molecule has 5 nitrogen and oxygen atoms in total. The SMILES string of the molecule is Cl.NC1C2CCCC1CC(C(=O)N1CCCN(Cc3cscn3)CC1)C2. The Hall–Kier alpha value is -0.690. The molecule has 3 fully saturated rings. The number of hydrogen-bond acceptors (Lipinski definition) is 5. The molecule has 2 N–H and O–H groups in total. The number of thiazole rings is 1. The van der Waals surface area contributed by atoms with Crippen LogP contribution in [0.1, 0.15) is 44.2 Å². The fourth-order valence-corrected chi connectivity index (χ4v) is 5.69. The Morgan fingerprint density at radius 3 is 2.62 bits per heavy atom. The number of nitrogens with zero attached hydrogens (tertiary/aromatic N) is 3. The van der Waals surface area contributed by atoms with Crippen LogP contribution in [0.2, 0.25) is 0 Å². The molecule has 4 rings (SSSR count). The molecule has 1 aromatic rings. The minimum Gasteiger partial charge on any atom is -0.341 e. The van der Waals surface area contributed by atoms with Gasteiger partial charge in [-0.3, -0.25) is 9.69 Å². The average Bonchev–Trinajstić information content (AvgIpc) is 2.98. The molecular formula is C19H31ClN4OS. The number of nitrogens with two attached hydrogens (primary N) is 1. The highest BCUT2D eigenvalue weighted by molar-refractivity contribution is 7.07. The maximum atomic E-state index is 13.1. The van der Waals surface area contributed by atoms with Gasteiger partial charge in [0.25, 0.3) is 0 Å². The molecular weight excluding hydrogens is 368 g/mol. The van der Waals surface area contributed by atoms with Crippen LogP contribution in [-0.4, -0.2) is 52.9 Å². The minimum absolute atomic E-state index is 0. The van der Waals surface area contributed by atoms with Crippen molar-refractivity contribution in [3.8, 4) is 0 Å². The summed E-state index contributed by atoms with van der Waals surface area (Å²) >= 11 is 1.65. The van der Waals surface area contributed by atoms with Crippen molar-refractivity contribution in [2.24, 2.45) is 23.5 Å². The van der Waals surface area contributed by atoms with E-state index in [1.807, 2.05) is 5.51 Å². The molecule has 2 bridgehead atoms. The Kier molecular flexibility index (Phi) is 6.94. The lowest BCUT2D eigenvalue weighted by Gasteiger charge is -2.44.